The normalized spacial score (nSPS) is 28.2. The van der Waals surface area contributed by atoms with Crippen molar-refractivity contribution in [3.8, 4) is 0 Å². The lowest BCUT2D eigenvalue weighted by molar-refractivity contribution is -0.122. The highest BCUT2D eigenvalue weighted by Crippen LogP contribution is 2.24. The van der Waals surface area contributed by atoms with Crippen LogP contribution in [0.15, 0.2) is 0 Å². The highest BCUT2D eigenvalue weighted by atomic mass is 16.1. The fourth-order valence-electron chi connectivity index (χ4n) is 1.93. The zero-order valence-electron chi connectivity index (χ0n) is 8.30. The summed E-state index contributed by atoms with van der Waals surface area (Å²) in [6.45, 7) is 3.19. The van der Waals surface area contributed by atoms with Crippen molar-refractivity contribution in [2.45, 2.75) is 45.6 Å². The summed E-state index contributed by atoms with van der Waals surface area (Å²) in [6.07, 6.45) is 3.76. The van der Waals surface area contributed by atoms with Crippen molar-refractivity contribution >= 4 is 11.7 Å². The smallest absolute Gasteiger partial charge is 0.217 e. The van der Waals surface area contributed by atoms with Crippen LogP contribution in [0.25, 0.3) is 0 Å². The van der Waals surface area contributed by atoms with Gasteiger partial charge in [-0.25, -0.2) is 0 Å². The summed E-state index contributed by atoms with van der Waals surface area (Å²) in [6, 6.07) is 0.299. The molecule has 1 fully saturated rings. The van der Waals surface area contributed by atoms with Crippen LogP contribution in [-0.2, 0) is 9.59 Å². The zero-order chi connectivity index (χ0) is 9.84. The molecule has 0 aliphatic heterocycles. The molecule has 0 atom stereocenters. The van der Waals surface area contributed by atoms with E-state index in [1.54, 1.807) is 6.92 Å². The van der Waals surface area contributed by atoms with E-state index in [2.05, 4.69) is 5.32 Å². The first-order chi connectivity index (χ1) is 6.09. The van der Waals surface area contributed by atoms with Crippen LogP contribution in [0.3, 0.4) is 0 Å². The van der Waals surface area contributed by atoms with Gasteiger partial charge in [-0.3, -0.25) is 9.59 Å². The first-order valence-corrected chi connectivity index (χ1v) is 4.87. The Balaban J connectivity index is 2.30. The number of hydrogen-bond acceptors (Lipinski definition) is 2. The molecule has 0 heterocycles. The van der Waals surface area contributed by atoms with Gasteiger partial charge in [0.2, 0.25) is 5.91 Å². The second-order valence-electron chi connectivity index (χ2n) is 3.86. The third kappa shape index (κ3) is 3.17. The summed E-state index contributed by atoms with van der Waals surface area (Å²) in [5, 5.41) is 2.89. The molecular weight excluding hydrogens is 166 g/mol. The van der Waals surface area contributed by atoms with E-state index in [-0.39, 0.29) is 11.8 Å². The molecular formula is C10H17NO2. The van der Waals surface area contributed by atoms with Crippen LogP contribution in [0.4, 0.5) is 0 Å². The van der Waals surface area contributed by atoms with Gasteiger partial charge in [-0.05, 0) is 32.6 Å². The predicted octanol–water partition coefficient (Wildman–Crippen LogP) is 1.27. The fraction of sp³-hybridized carbons (Fsp3) is 0.800. The van der Waals surface area contributed by atoms with Crippen molar-refractivity contribution in [3.63, 3.8) is 0 Å². The predicted molar refractivity (Wildman–Crippen MR) is 50.2 cm³/mol. The topological polar surface area (TPSA) is 46.2 Å². The minimum atomic E-state index is 0.0336. The number of rotatable bonds is 2. The summed E-state index contributed by atoms with van der Waals surface area (Å²) in [4.78, 5) is 21.8. The molecule has 0 bridgehead atoms. The molecule has 0 aromatic heterocycles. The van der Waals surface area contributed by atoms with E-state index in [0.29, 0.717) is 11.8 Å². The van der Waals surface area contributed by atoms with Gasteiger partial charge in [-0.1, -0.05) is 0 Å². The number of ketones is 1. The first-order valence-electron chi connectivity index (χ1n) is 4.87. The van der Waals surface area contributed by atoms with E-state index in [1.165, 1.54) is 6.92 Å². The minimum Gasteiger partial charge on any atom is -0.354 e. The Morgan fingerprint density at radius 1 is 1.08 bits per heavy atom. The van der Waals surface area contributed by atoms with Crippen molar-refractivity contribution in [3.05, 3.63) is 0 Å². The maximum atomic E-state index is 11.0. The molecule has 3 heteroatoms. The molecule has 1 aliphatic carbocycles. The van der Waals surface area contributed by atoms with Gasteiger partial charge in [-0.15, -0.1) is 0 Å². The highest BCUT2D eigenvalue weighted by molar-refractivity contribution is 5.78. The van der Waals surface area contributed by atoms with Gasteiger partial charge in [0, 0.05) is 18.9 Å². The van der Waals surface area contributed by atoms with Crippen molar-refractivity contribution in [2.24, 2.45) is 5.92 Å². The Labute approximate surface area is 78.9 Å². The number of Topliss-reactive ketones (excluding diaryl/α,β-unsaturated/α-hetero) is 1. The van der Waals surface area contributed by atoms with Crippen LogP contribution < -0.4 is 5.32 Å². The second kappa shape index (κ2) is 4.40. The number of nitrogens with one attached hydrogen (secondary N) is 1. The molecule has 0 radical (unpaired) electrons. The molecule has 1 N–H and O–H groups in total. The summed E-state index contributed by atoms with van der Waals surface area (Å²) in [5.41, 5.74) is 0. The number of hydrogen-bond donors (Lipinski definition) is 1. The summed E-state index contributed by atoms with van der Waals surface area (Å²) in [5.74, 6) is 0.567. The van der Waals surface area contributed by atoms with Crippen molar-refractivity contribution in [1.82, 2.24) is 5.32 Å². The van der Waals surface area contributed by atoms with Crippen LogP contribution in [0.2, 0.25) is 0 Å². The van der Waals surface area contributed by atoms with E-state index >= 15 is 0 Å². The Hall–Kier alpha value is -0.860. The van der Waals surface area contributed by atoms with E-state index in [9.17, 15) is 9.59 Å². The average molecular weight is 183 g/mol. The average Bonchev–Trinajstić information content (AvgIpc) is 2.04. The van der Waals surface area contributed by atoms with Gasteiger partial charge in [0.25, 0.3) is 0 Å². The third-order valence-electron chi connectivity index (χ3n) is 2.71. The molecule has 0 saturated heterocycles. The SMILES string of the molecule is CC(=O)NC1CCC(C(C)=O)CC1. The maximum absolute atomic E-state index is 11.0. The lowest BCUT2D eigenvalue weighted by atomic mass is 9.84. The van der Waals surface area contributed by atoms with Crippen LogP contribution in [0.5, 0.6) is 0 Å². The molecule has 0 spiro atoms. The molecule has 0 aromatic rings. The lowest BCUT2D eigenvalue weighted by Crippen LogP contribution is -2.37. The molecule has 1 rings (SSSR count). The molecule has 0 unspecified atom stereocenters. The third-order valence-corrected chi connectivity index (χ3v) is 2.71. The Morgan fingerprint density at radius 2 is 1.62 bits per heavy atom. The van der Waals surface area contributed by atoms with Crippen molar-refractivity contribution in [2.75, 3.05) is 0 Å². The zero-order valence-corrected chi connectivity index (χ0v) is 8.30. The van der Waals surface area contributed by atoms with E-state index in [4.69, 9.17) is 0 Å². The number of carbonyl (C=O) groups excluding carboxylic acids is 2. The van der Waals surface area contributed by atoms with Gasteiger partial charge in [0.05, 0.1) is 0 Å². The lowest BCUT2D eigenvalue weighted by Gasteiger charge is -2.27. The van der Waals surface area contributed by atoms with Crippen molar-refractivity contribution in [1.29, 1.82) is 0 Å². The fourth-order valence-corrected chi connectivity index (χ4v) is 1.93. The molecule has 1 aliphatic rings. The Kier molecular flexibility index (Phi) is 3.46. The van der Waals surface area contributed by atoms with E-state index in [0.717, 1.165) is 25.7 Å². The Bertz CT molecular complexity index is 205. The van der Waals surface area contributed by atoms with Gasteiger partial charge in [0.1, 0.15) is 5.78 Å². The first kappa shape index (κ1) is 10.2. The maximum Gasteiger partial charge on any atom is 0.217 e. The molecule has 1 saturated carbocycles. The van der Waals surface area contributed by atoms with E-state index in [1.807, 2.05) is 0 Å². The summed E-state index contributed by atoms with van der Waals surface area (Å²) >= 11 is 0. The van der Waals surface area contributed by atoms with Crippen LogP contribution in [-0.4, -0.2) is 17.7 Å². The Morgan fingerprint density at radius 3 is 2.00 bits per heavy atom. The molecule has 1 amide bonds. The molecule has 0 aromatic carbocycles. The van der Waals surface area contributed by atoms with Gasteiger partial charge < -0.3 is 5.32 Å². The second-order valence-corrected chi connectivity index (χ2v) is 3.86. The minimum absolute atomic E-state index is 0.0336. The summed E-state index contributed by atoms with van der Waals surface area (Å²) in [7, 11) is 0. The molecule has 13 heavy (non-hydrogen) atoms. The largest absolute Gasteiger partial charge is 0.354 e. The highest BCUT2D eigenvalue weighted by Gasteiger charge is 2.23. The van der Waals surface area contributed by atoms with Gasteiger partial charge in [-0.2, -0.15) is 0 Å². The molecule has 3 nitrogen and oxygen atoms in total. The molecule has 74 valence electrons. The van der Waals surface area contributed by atoms with Crippen molar-refractivity contribution < 1.29 is 9.59 Å². The van der Waals surface area contributed by atoms with Crippen LogP contribution in [0.1, 0.15) is 39.5 Å². The van der Waals surface area contributed by atoms with Gasteiger partial charge in [0.15, 0.2) is 0 Å². The standard InChI is InChI=1S/C10H17NO2/c1-7(12)9-3-5-10(6-4-9)11-8(2)13/h9-10H,3-6H2,1-2H3,(H,11,13). The van der Waals surface area contributed by atoms with E-state index < -0.39 is 0 Å². The van der Waals surface area contributed by atoms with Crippen LogP contribution >= 0.6 is 0 Å². The van der Waals surface area contributed by atoms with Gasteiger partial charge >= 0.3 is 0 Å². The monoisotopic (exact) mass is 183 g/mol. The number of amides is 1. The quantitative estimate of drug-likeness (QED) is 0.700. The number of carbonyl (C=O) groups is 2. The summed E-state index contributed by atoms with van der Waals surface area (Å²) < 4.78 is 0. The van der Waals surface area contributed by atoms with Crippen LogP contribution in [0, 0.1) is 5.92 Å².